The van der Waals surface area contributed by atoms with Crippen LogP contribution in [-0.2, 0) is 20.0 Å². The number of carboxylic acid groups (broad SMARTS) is 1. The number of ether oxygens (including phenoxy) is 1. The fourth-order valence-electron chi connectivity index (χ4n) is 5.36. The SMILES string of the molecule is COc1ccc2cc(-c3nc4cc5c(cc4n3C)CCN(CC(C)NC(=O)O)C5=O)n(CC3CC3)c2n1. The Morgan fingerprint density at radius 3 is 2.78 bits per heavy atom. The van der Waals surface area contributed by atoms with E-state index >= 15 is 0 Å². The lowest BCUT2D eigenvalue weighted by atomic mass is 9.97. The number of nitrogens with one attached hydrogen (secondary N) is 1. The van der Waals surface area contributed by atoms with Crippen molar-refractivity contribution in [3.8, 4) is 17.4 Å². The van der Waals surface area contributed by atoms with Crippen LogP contribution in [0.3, 0.4) is 0 Å². The number of imidazole rings is 1. The summed E-state index contributed by atoms with van der Waals surface area (Å²) in [6, 6.07) is 9.64. The molecule has 192 valence electrons. The van der Waals surface area contributed by atoms with E-state index in [1.54, 1.807) is 18.9 Å². The summed E-state index contributed by atoms with van der Waals surface area (Å²) >= 11 is 0. The molecule has 2 amide bonds. The van der Waals surface area contributed by atoms with E-state index in [4.69, 9.17) is 19.8 Å². The van der Waals surface area contributed by atoms with E-state index in [2.05, 4.69) is 26.6 Å². The summed E-state index contributed by atoms with van der Waals surface area (Å²) in [5, 5.41) is 12.4. The lowest BCUT2D eigenvalue weighted by molar-refractivity contribution is 0.0723. The molecule has 1 unspecified atom stereocenters. The van der Waals surface area contributed by atoms with Gasteiger partial charge in [0.1, 0.15) is 5.65 Å². The van der Waals surface area contributed by atoms with Crippen LogP contribution >= 0.6 is 0 Å². The van der Waals surface area contributed by atoms with Gasteiger partial charge in [-0.2, -0.15) is 4.98 Å². The third-order valence-corrected chi connectivity index (χ3v) is 7.43. The number of nitrogens with zero attached hydrogens (tertiary/aromatic N) is 5. The lowest BCUT2D eigenvalue weighted by Gasteiger charge is -2.30. The summed E-state index contributed by atoms with van der Waals surface area (Å²) in [6.07, 6.45) is 2.06. The number of hydrogen-bond acceptors (Lipinski definition) is 5. The first kappa shape index (κ1) is 23.3. The highest BCUT2D eigenvalue weighted by Crippen LogP contribution is 2.37. The summed E-state index contributed by atoms with van der Waals surface area (Å²) in [4.78, 5) is 35.7. The number of methoxy groups -OCH3 is 1. The highest BCUT2D eigenvalue weighted by atomic mass is 16.5. The monoisotopic (exact) mass is 502 g/mol. The highest BCUT2D eigenvalue weighted by molar-refractivity contribution is 6.00. The van der Waals surface area contributed by atoms with Crippen LogP contribution in [0.25, 0.3) is 33.6 Å². The Balaban J connectivity index is 1.40. The van der Waals surface area contributed by atoms with Crippen molar-refractivity contribution in [3.63, 3.8) is 0 Å². The van der Waals surface area contributed by atoms with E-state index in [9.17, 15) is 9.59 Å². The fourth-order valence-corrected chi connectivity index (χ4v) is 5.36. The van der Waals surface area contributed by atoms with Crippen LogP contribution in [0, 0.1) is 5.92 Å². The van der Waals surface area contributed by atoms with Crippen molar-refractivity contribution >= 4 is 34.1 Å². The molecule has 4 aromatic rings. The smallest absolute Gasteiger partial charge is 0.404 e. The molecule has 10 nitrogen and oxygen atoms in total. The van der Waals surface area contributed by atoms with Gasteiger partial charge in [0.2, 0.25) is 5.88 Å². The van der Waals surface area contributed by atoms with Gasteiger partial charge >= 0.3 is 6.09 Å². The summed E-state index contributed by atoms with van der Waals surface area (Å²) < 4.78 is 9.74. The van der Waals surface area contributed by atoms with Crippen LogP contribution in [0.4, 0.5) is 4.79 Å². The molecule has 1 fully saturated rings. The van der Waals surface area contributed by atoms with Gasteiger partial charge in [-0.05, 0) is 61.9 Å². The molecular formula is C27H30N6O4. The Labute approximate surface area is 213 Å². The number of amides is 2. The molecule has 1 aromatic carbocycles. The normalized spacial score (nSPS) is 16.3. The first-order valence-corrected chi connectivity index (χ1v) is 12.6. The predicted octanol–water partition coefficient (Wildman–Crippen LogP) is 3.66. The van der Waals surface area contributed by atoms with Gasteiger partial charge in [0, 0.05) is 49.7 Å². The second-order valence-corrected chi connectivity index (χ2v) is 10.2. The first-order valence-electron chi connectivity index (χ1n) is 12.6. The van der Waals surface area contributed by atoms with Gasteiger partial charge < -0.3 is 29.2 Å². The van der Waals surface area contributed by atoms with Crippen molar-refractivity contribution in [2.24, 2.45) is 13.0 Å². The molecule has 0 radical (unpaired) electrons. The molecule has 0 spiro atoms. The van der Waals surface area contributed by atoms with Gasteiger partial charge in [0.15, 0.2) is 5.82 Å². The van der Waals surface area contributed by atoms with Crippen molar-refractivity contribution in [2.45, 2.75) is 38.8 Å². The Morgan fingerprint density at radius 1 is 1.24 bits per heavy atom. The molecule has 3 aromatic heterocycles. The standard InChI is InChI=1S/C27H30N6O4/c1-15(28-27(35)36)13-32-9-8-17-10-21-20(12-19(17)26(32)34)29-25(31(21)2)22-11-18-6-7-23(37-3)30-24(18)33(22)14-16-4-5-16/h6-7,10-12,15-16,28H,4-5,8-9,13-14H2,1-3H3,(H,35,36). The highest BCUT2D eigenvalue weighted by Gasteiger charge is 2.29. The molecule has 1 atom stereocenters. The van der Waals surface area contributed by atoms with E-state index in [0.29, 0.717) is 36.9 Å². The third kappa shape index (κ3) is 4.16. The van der Waals surface area contributed by atoms with Crippen LogP contribution in [0.5, 0.6) is 5.88 Å². The van der Waals surface area contributed by atoms with E-state index in [0.717, 1.165) is 45.7 Å². The largest absolute Gasteiger partial charge is 0.481 e. The first-order chi connectivity index (χ1) is 17.8. The van der Waals surface area contributed by atoms with Crippen LogP contribution < -0.4 is 10.1 Å². The van der Waals surface area contributed by atoms with Crippen molar-refractivity contribution in [1.82, 2.24) is 29.3 Å². The number of hydrogen-bond donors (Lipinski definition) is 2. The lowest BCUT2D eigenvalue weighted by Crippen LogP contribution is -2.46. The second-order valence-electron chi connectivity index (χ2n) is 10.2. The predicted molar refractivity (Wildman–Crippen MR) is 139 cm³/mol. The zero-order chi connectivity index (χ0) is 25.8. The van der Waals surface area contributed by atoms with Crippen LogP contribution in [-0.4, -0.2) is 67.4 Å². The number of aromatic nitrogens is 4. The molecule has 4 heterocycles. The fraction of sp³-hybridized carbons (Fsp3) is 0.407. The van der Waals surface area contributed by atoms with Crippen molar-refractivity contribution in [2.75, 3.05) is 20.2 Å². The number of fused-ring (bicyclic) bond motifs is 3. The van der Waals surface area contributed by atoms with Gasteiger partial charge in [-0.25, -0.2) is 9.78 Å². The number of rotatable bonds is 7. The molecular weight excluding hydrogens is 472 g/mol. The molecule has 37 heavy (non-hydrogen) atoms. The third-order valence-electron chi connectivity index (χ3n) is 7.43. The Morgan fingerprint density at radius 2 is 2.05 bits per heavy atom. The van der Waals surface area contributed by atoms with Crippen LogP contribution in [0.2, 0.25) is 0 Å². The van der Waals surface area contributed by atoms with Crippen LogP contribution in [0.1, 0.15) is 35.7 Å². The van der Waals surface area contributed by atoms with Gasteiger partial charge in [-0.3, -0.25) is 4.79 Å². The number of carbonyl (C=O) groups excluding carboxylic acids is 1. The molecule has 6 rings (SSSR count). The molecule has 2 aliphatic rings. The zero-order valence-corrected chi connectivity index (χ0v) is 21.2. The minimum Gasteiger partial charge on any atom is -0.481 e. The van der Waals surface area contributed by atoms with E-state index in [1.807, 2.05) is 25.2 Å². The average Bonchev–Trinajstić information content (AvgIpc) is 3.55. The Hall–Kier alpha value is -4.08. The Bertz CT molecular complexity index is 1550. The second kappa shape index (κ2) is 8.79. The number of aryl methyl sites for hydroxylation is 1. The topological polar surface area (TPSA) is 115 Å². The molecule has 1 aliphatic carbocycles. The Kier molecular flexibility index (Phi) is 5.54. The molecule has 1 aliphatic heterocycles. The maximum Gasteiger partial charge on any atom is 0.404 e. The quantitative estimate of drug-likeness (QED) is 0.399. The van der Waals surface area contributed by atoms with E-state index in [-0.39, 0.29) is 11.9 Å². The maximum atomic E-state index is 13.3. The molecule has 0 bridgehead atoms. The van der Waals surface area contributed by atoms with Crippen molar-refractivity contribution in [1.29, 1.82) is 0 Å². The van der Waals surface area contributed by atoms with E-state index < -0.39 is 6.09 Å². The van der Waals surface area contributed by atoms with Gasteiger partial charge in [0.05, 0.1) is 23.8 Å². The average molecular weight is 503 g/mol. The van der Waals surface area contributed by atoms with Gasteiger partial charge in [-0.1, -0.05) is 0 Å². The van der Waals surface area contributed by atoms with Crippen molar-refractivity contribution < 1.29 is 19.4 Å². The number of pyridine rings is 1. The minimum atomic E-state index is -1.09. The molecule has 1 saturated carbocycles. The van der Waals surface area contributed by atoms with Crippen molar-refractivity contribution in [3.05, 3.63) is 41.5 Å². The van der Waals surface area contributed by atoms with E-state index in [1.165, 1.54) is 12.8 Å². The molecule has 0 saturated heterocycles. The molecule has 10 heteroatoms. The summed E-state index contributed by atoms with van der Waals surface area (Å²) in [7, 11) is 3.64. The number of benzene rings is 1. The van der Waals surface area contributed by atoms with Crippen LogP contribution in [0.15, 0.2) is 30.3 Å². The van der Waals surface area contributed by atoms with Gasteiger partial charge in [-0.15, -0.1) is 0 Å². The maximum absolute atomic E-state index is 13.3. The van der Waals surface area contributed by atoms with Gasteiger partial charge in [0.25, 0.3) is 5.91 Å². The summed E-state index contributed by atoms with van der Waals surface area (Å²) in [5.41, 5.74) is 5.26. The number of carbonyl (C=O) groups is 2. The zero-order valence-electron chi connectivity index (χ0n) is 21.2. The molecule has 2 N–H and O–H groups in total. The summed E-state index contributed by atoms with van der Waals surface area (Å²) in [5.74, 6) is 1.97. The minimum absolute atomic E-state index is 0.0893. The summed E-state index contributed by atoms with van der Waals surface area (Å²) in [6.45, 7) is 3.52.